The van der Waals surface area contributed by atoms with Crippen LogP contribution in [0.25, 0.3) is 11.4 Å². The van der Waals surface area contributed by atoms with Crippen molar-refractivity contribution >= 4 is 51.5 Å². The number of benzene rings is 1. The fourth-order valence-electron chi connectivity index (χ4n) is 2.32. The first kappa shape index (κ1) is 19.0. The first-order valence-corrected chi connectivity index (χ1v) is 11.4. The van der Waals surface area contributed by atoms with Crippen LogP contribution < -0.4 is 10.6 Å². The zero-order valence-electron chi connectivity index (χ0n) is 14.4. The van der Waals surface area contributed by atoms with Gasteiger partial charge in [-0.15, -0.1) is 0 Å². The van der Waals surface area contributed by atoms with Crippen LogP contribution in [0.5, 0.6) is 0 Å². The molecule has 134 valence electrons. The third-order valence-corrected chi connectivity index (χ3v) is 5.88. The van der Waals surface area contributed by atoms with Gasteiger partial charge in [0.1, 0.15) is 13.0 Å². The quantitative estimate of drug-likeness (QED) is 0.458. The summed E-state index contributed by atoms with van der Waals surface area (Å²) in [7, 11) is -2.59. The molecular formula is C17H16BrClN5OP. The van der Waals surface area contributed by atoms with E-state index in [0.717, 1.165) is 11.1 Å². The second-order valence-electron chi connectivity index (χ2n) is 6.13. The molecule has 0 aliphatic heterocycles. The molecule has 9 heteroatoms. The molecule has 0 fully saturated rings. The monoisotopic (exact) mass is 451 g/mol. The van der Waals surface area contributed by atoms with Gasteiger partial charge in [0, 0.05) is 29.5 Å². The van der Waals surface area contributed by atoms with Gasteiger partial charge in [0.15, 0.2) is 5.82 Å². The van der Waals surface area contributed by atoms with Crippen LogP contribution in [0.1, 0.15) is 5.56 Å². The number of halogens is 2. The van der Waals surface area contributed by atoms with Gasteiger partial charge in [0.2, 0.25) is 5.28 Å². The molecule has 3 rings (SSSR count). The summed E-state index contributed by atoms with van der Waals surface area (Å²) in [4.78, 5) is 16.8. The van der Waals surface area contributed by atoms with E-state index >= 15 is 0 Å². The van der Waals surface area contributed by atoms with E-state index in [9.17, 15) is 4.57 Å². The van der Waals surface area contributed by atoms with Gasteiger partial charge in [-0.2, -0.15) is 4.98 Å². The topological polar surface area (TPSA) is 80.7 Å². The van der Waals surface area contributed by atoms with E-state index in [0.29, 0.717) is 27.1 Å². The minimum absolute atomic E-state index is 0.123. The summed E-state index contributed by atoms with van der Waals surface area (Å²) in [6.45, 7) is 5.36. The van der Waals surface area contributed by atoms with Crippen molar-refractivity contribution in [3.63, 3.8) is 0 Å². The van der Waals surface area contributed by atoms with Crippen molar-refractivity contribution in [2.75, 3.05) is 18.6 Å². The number of aryl methyl sites for hydroxylation is 1. The number of nitrogens with one attached hydrogen (secondary N) is 1. The molecule has 2 heterocycles. The van der Waals surface area contributed by atoms with E-state index in [1.54, 1.807) is 31.9 Å². The number of anilines is 2. The van der Waals surface area contributed by atoms with Gasteiger partial charge in [0.25, 0.3) is 0 Å². The van der Waals surface area contributed by atoms with E-state index in [4.69, 9.17) is 11.6 Å². The minimum Gasteiger partial charge on any atom is -0.339 e. The Bertz CT molecular complexity index is 1010. The van der Waals surface area contributed by atoms with Crippen LogP contribution in [0.3, 0.4) is 0 Å². The molecule has 0 spiro atoms. The first-order valence-electron chi connectivity index (χ1n) is 7.68. The van der Waals surface area contributed by atoms with Gasteiger partial charge in [-0.1, -0.05) is 0 Å². The first-order chi connectivity index (χ1) is 12.2. The lowest BCUT2D eigenvalue weighted by Crippen LogP contribution is -2.11. The van der Waals surface area contributed by atoms with E-state index in [1.165, 1.54) is 0 Å². The highest BCUT2D eigenvalue weighted by molar-refractivity contribution is 9.10. The molecule has 1 aromatic carbocycles. The summed E-state index contributed by atoms with van der Waals surface area (Å²) in [5, 5.41) is 3.99. The van der Waals surface area contributed by atoms with E-state index < -0.39 is 7.14 Å². The minimum atomic E-state index is -2.59. The van der Waals surface area contributed by atoms with Crippen LogP contribution in [-0.4, -0.2) is 33.3 Å². The van der Waals surface area contributed by atoms with Crippen LogP contribution in [0.4, 0.5) is 11.5 Å². The van der Waals surface area contributed by atoms with Gasteiger partial charge < -0.3 is 9.88 Å². The Balaban J connectivity index is 2.07. The van der Waals surface area contributed by atoms with E-state index in [2.05, 4.69) is 41.2 Å². The highest BCUT2D eigenvalue weighted by Crippen LogP contribution is 2.40. The van der Waals surface area contributed by atoms with Crippen LogP contribution >= 0.6 is 34.7 Å². The second-order valence-corrected chi connectivity index (χ2v) is 10.5. The molecule has 0 saturated heterocycles. The van der Waals surface area contributed by atoms with Crippen molar-refractivity contribution in [3.8, 4) is 11.4 Å². The SMILES string of the molecule is Cc1cnc(-c2ccc(Nc3nc(Cl)ncc3Br)c(P(C)(C)=O)c2)nc1. The average molecular weight is 453 g/mol. The van der Waals surface area contributed by atoms with Crippen molar-refractivity contribution in [1.82, 2.24) is 19.9 Å². The van der Waals surface area contributed by atoms with E-state index in [-0.39, 0.29) is 5.28 Å². The molecule has 0 saturated carbocycles. The highest BCUT2D eigenvalue weighted by Gasteiger charge is 2.19. The summed E-state index contributed by atoms with van der Waals surface area (Å²) in [6, 6.07) is 5.57. The summed E-state index contributed by atoms with van der Waals surface area (Å²) in [5.41, 5.74) is 2.47. The van der Waals surface area contributed by atoms with Crippen LogP contribution in [0.15, 0.2) is 41.3 Å². The lowest BCUT2D eigenvalue weighted by Gasteiger charge is -2.17. The molecule has 26 heavy (non-hydrogen) atoms. The van der Waals surface area contributed by atoms with Crippen molar-refractivity contribution in [2.45, 2.75) is 6.92 Å². The molecule has 0 atom stereocenters. The van der Waals surface area contributed by atoms with Gasteiger partial charge >= 0.3 is 0 Å². The Kier molecular flexibility index (Phi) is 5.42. The Hall–Kier alpha value is -1.82. The molecule has 3 aromatic rings. The van der Waals surface area contributed by atoms with E-state index in [1.807, 2.05) is 25.1 Å². The second kappa shape index (κ2) is 7.43. The van der Waals surface area contributed by atoms with Gasteiger partial charge in [-0.05, 0) is 71.5 Å². The maximum absolute atomic E-state index is 12.9. The fraction of sp³-hybridized carbons (Fsp3) is 0.176. The maximum Gasteiger partial charge on any atom is 0.224 e. The Labute approximate surface area is 165 Å². The highest BCUT2D eigenvalue weighted by atomic mass is 79.9. The third-order valence-electron chi connectivity index (χ3n) is 3.58. The lowest BCUT2D eigenvalue weighted by molar-refractivity contribution is 0.588. The molecule has 0 amide bonds. The Morgan fingerprint density at radius 3 is 2.46 bits per heavy atom. The van der Waals surface area contributed by atoms with Crippen molar-refractivity contribution in [1.29, 1.82) is 0 Å². The molecule has 0 bridgehead atoms. The molecule has 0 radical (unpaired) electrons. The third kappa shape index (κ3) is 4.29. The van der Waals surface area contributed by atoms with Crippen molar-refractivity contribution < 1.29 is 4.57 Å². The molecule has 1 N–H and O–H groups in total. The van der Waals surface area contributed by atoms with Crippen LogP contribution in [-0.2, 0) is 4.57 Å². The zero-order chi connectivity index (χ0) is 18.9. The summed E-state index contributed by atoms with van der Waals surface area (Å²) >= 11 is 9.26. The predicted molar refractivity (Wildman–Crippen MR) is 109 cm³/mol. The molecule has 2 aromatic heterocycles. The van der Waals surface area contributed by atoms with Crippen LogP contribution in [0, 0.1) is 6.92 Å². The molecular weight excluding hydrogens is 437 g/mol. The molecule has 6 nitrogen and oxygen atoms in total. The Morgan fingerprint density at radius 1 is 1.12 bits per heavy atom. The van der Waals surface area contributed by atoms with Crippen LogP contribution in [0.2, 0.25) is 5.28 Å². The standard InChI is InChI=1S/C17H16BrClN5OP/c1-10-7-20-15(21-8-10)11-4-5-13(14(6-11)26(2,3)25)23-16-12(18)9-22-17(19)24-16/h4-9H,1-3H3,(H,22,23,24). The number of hydrogen-bond acceptors (Lipinski definition) is 6. The predicted octanol–water partition coefficient (Wildman–Crippen LogP) is 4.65. The largest absolute Gasteiger partial charge is 0.339 e. The maximum atomic E-state index is 12.9. The molecule has 0 aliphatic carbocycles. The average Bonchev–Trinajstić information content (AvgIpc) is 2.58. The summed E-state index contributed by atoms with van der Waals surface area (Å²) in [6.07, 6.45) is 5.07. The number of rotatable bonds is 4. The summed E-state index contributed by atoms with van der Waals surface area (Å²) in [5.74, 6) is 1.09. The number of hydrogen-bond donors (Lipinski definition) is 1. The lowest BCUT2D eigenvalue weighted by atomic mass is 10.2. The fourth-order valence-corrected chi connectivity index (χ4v) is 3.91. The number of aromatic nitrogens is 4. The van der Waals surface area contributed by atoms with Crippen molar-refractivity contribution in [2.24, 2.45) is 0 Å². The molecule has 0 unspecified atom stereocenters. The van der Waals surface area contributed by atoms with Gasteiger partial charge in [-0.3, -0.25) is 0 Å². The molecule has 0 aliphatic rings. The van der Waals surface area contributed by atoms with Crippen molar-refractivity contribution in [3.05, 3.63) is 52.1 Å². The van der Waals surface area contributed by atoms with Gasteiger partial charge in [0.05, 0.1) is 10.2 Å². The normalized spacial score (nSPS) is 11.4. The smallest absolute Gasteiger partial charge is 0.224 e. The zero-order valence-corrected chi connectivity index (χ0v) is 17.6. The summed E-state index contributed by atoms with van der Waals surface area (Å²) < 4.78 is 13.5. The number of nitrogens with zero attached hydrogens (tertiary/aromatic N) is 4. The Morgan fingerprint density at radius 2 is 1.81 bits per heavy atom. The van der Waals surface area contributed by atoms with Gasteiger partial charge in [-0.25, -0.2) is 15.0 Å².